The molecule has 0 radical (unpaired) electrons. The largest absolute Gasteiger partial charge is 0.349 e. The van der Waals surface area contributed by atoms with Crippen LogP contribution in [0.4, 0.5) is 4.39 Å². The monoisotopic (exact) mass is 237 g/mol. The molecule has 1 amide bonds. The Morgan fingerprint density at radius 3 is 2.82 bits per heavy atom. The molecule has 0 saturated carbocycles. The van der Waals surface area contributed by atoms with Crippen LogP contribution in [0.15, 0.2) is 18.2 Å². The first-order chi connectivity index (χ1) is 8.06. The Bertz CT molecular complexity index is 390. The van der Waals surface area contributed by atoms with Gasteiger partial charge in [0, 0.05) is 6.04 Å². The SMILES string of the molecule is CCCCC(C)NC(=O)c1cccc(C)c1F. The highest BCUT2D eigenvalue weighted by Crippen LogP contribution is 2.12. The van der Waals surface area contributed by atoms with Gasteiger partial charge in [0.05, 0.1) is 5.56 Å². The zero-order chi connectivity index (χ0) is 12.8. The van der Waals surface area contributed by atoms with Crippen LogP contribution in [0, 0.1) is 12.7 Å². The predicted octanol–water partition coefficient (Wildman–Crippen LogP) is 3.44. The third kappa shape index (κ3) is 3.84. The van der Waals surface area contributed by atoms with Gasteiger partial charge >= 0.3 is 0 Å². The van der Waals surface area contributed by atoms with Gasteiger partial charge in [-0.1, -0.05) is 31.9 Å². The van der Waals surface area contributed by atoms with E-state index < -0.39 is 5.82 Å². The number of aryl methyl sites for hydroxylation is 1. The fourth-order valence-corrected chi connectivity index (χ4v) is 1.71. The molecule has 0 bridgehead atoms. The molecule has 1 atom stereocenters. The van der Waals surface area contributed by atoms with Crippen molar-refractivity contribution in [3.8, 4) is 0 Å². The van der Waals surface area contributed by atoms with Crippen LogP contribution in [0.2, 0.25) is 0 Å². The molecule has 1 aromatic rings. The topological polar surface area (TPSA) is 29.1 Å². The highest BCUT2D eigenvalue weighted by Gasteiger charge is 2.14. The Labute approximate surface area is 102 Å². The second-order valence-corrected chi connectivity index (χ2v) is 4.45. The molecule has 0 aliphatic carbocycles. The molecule has 0 aliphatic rings. The van der Waals surface area contributed by atoms with Crippen molar-refractivity contribution in [3.63, 3.8) is 0 Å². The number of carbonyl (C=O) groups is 1. The van der Waals surface area contributed by atoms with Gasteiger partial charge in [-0.15, -0.1) is 0 Å². The molecular weight excluding hydrogens is 217 g/mol. The van der Waals surface area contributed by atoms with Crippen molar-refractivity contribution in [2.24, 2.45) is 0 Å². The summed E-state index contributed by atoms with van der Waals surface area (Å²) in [7, 11) is 0. The average Bonchev–Trinajstić information content (AvgIpc) is 2.29. The van der Waals surface area contributed by atoms with E-state index in [1.54, 1.807) is 19.1 Å². The zero-order valence-electron chi connectivity index (χ0n) is 10.7. The summed E-state index contributed by atoms with van der Waals surface area (Å²) < 4.78 is 13.7. The second kappa shape index (κ2) is 6.38. The van der Waals surface area contributed by atoms with Crippen molar-refractivity contribution in [1.82, 2.24) is 5.32 Å². The number of carbonyl (C=O) groups excluding carboxylic acids is 1. The van der Waals surface area contributed by atoms with Crippen LogP contribution in [-0.4, -0.2) is 11.9 Å². The minimum atomic E-state index is -0.423. The molecule has 1 rings (SSSR count). The van der Waals surface area contributed by atoms with Gasteiger partial charge in [0.1, 0.15) is 5.82 Å². The van der Waals surface area contributed by atoms with E-state index in [0.29, 0.717) is 5.56 Å². The van der Waals surface area contributed by atoms with Crippen molar-refractivity contribution < 1.29 is 9.18 Å². The quantitative estimate of drug-likeness (QED) is 0.835. The Balaban J connectivity index is 2.67. The standard InChI is InChI=1S/C14H20FNO/c1-4-5-8-11(3)16-14(17)12-9-6-7-10(2)13(12)15/h6-7,9,11H,4-5,8H2,1-3H3,(H,16,17). The third-order valence-electron chi connectivity index (χ3n) is 2.80. The molecule has 0 saturated heterocycles. The molecule has 0 fully saturated rings. The number of benzene rings is 1. The Morgan fingerprint density at radius 2 is 2.18 bits per heavy atom. The summed E-state index contributed by atoms with van der Waals surface area (Å²) in [5.41, 5.74) is 0.632. The Morgan fingerprint density at radius 1 is 1.47 bits per heavy atom. The Kier molecular flexibility index (Phi) is 5.13. The molecule has 3 heteroatoms. The van der Waals surface area contributed by atoms with Gasteiger partial charge in [0.2, 0.25) is 0 Å². The number of unbranched alkanes of at least 4 members (excludes halogenated alkanes) is 1. The number of amides is 1. The molecule has 1 unspecified atom stereocenters. The molecule has 1 N–H and O–H groups in total. The van der Waals surface area contributed by atoms with Gasteiger partial charge in [-0.05, 0) is 31.9 Å². The van der Waals surface area contributed by atoms with E-state index in [-0.39, 0.29) is 17.5 Å². The van der Waals surface area contributed by atoms with Crippen molar-refractivity contribution >= 4 is 5.91 Å². The fourth-order valence-electron chi connectivity index (χ4n) is 1.71. The minimum Gasteiger partial charge on any atom is -0.349 e. The van der Waals surface area contributed by atoms with E-state index in [2.05, 4.69) is 12.2 Å². The molecule has 0 spiro atoms. The number of nitrogens with one attached hydrogen (secondary N) is 1. The number of hydrogen-bond acceptors (Lipinski definition) is 1. The molecule has 0 heterocycles. The van der Waals surface area contributed by atoms with Crippen LogP contribution in [-0.2, 0) is 0 Å². The van der Waals surface area contributed by atoms with E-state index in [1.165, 1.54) is 6.07 Å². The lowest BCUT2D eigenvalue weighted by Crippen LogP contribution is -2.33. The van der Waals surface area contributed by atoms with Gasteiger partial charge in [0.25, 0.3) is 5.91 Å². The van der Waals surface area contributed by atoms with Crippen LogP contribution in [0.1, 0.15) is 49.0 Å². The van der Waals surface area contributed by atoms with Gasteiger partial charge < -0.3 is 5.32 Å². The van der Waals surface area contributed by atoms with Crippen LogP contribution in [0.5, 0.6) is 0 Å². The average molecular weight is 237 g/mol. The summed E-state index contributed by atoms with van der Waals surface area (Å²) in [6, 6.07) is 4.96. The van der Waals surface area contributed by atoms with Gasteiger partial charge in [0.15, 0.2) is 0 Å². The normalized spacial score (nSPS) is 12.2. The maximum absolute atomic E-state index is 13.7. The first-order valence-corrected chi connectivity index (χ1v) is 6.12. The maximum Gasteiger partial charge on any atom is 0.254 e. The van der Waals surface area contributed by atoms with Crippen LogP contribution >= 0.6 is 0 Å². The van der Waals surface area contributed by atoms with Gasteiger partial charge in [-0.25, -0.2) is 4.39 Å². The Hall–Kier alpha value is -1.38. The van der Waals surface area contributed by atoms with E-state index in [4.69, 9.17) is 0 Å². The molecule has 2 nitrogen and oxygen atoms in total. The van der Waals surface area contributed by atoms with Crippen molar-refractivity contribution in [1.29, 1.82) is 0 Å². The smallest absolute Gasteiger partial charge is 0.254 e. The summed E-state index contributed by atoms with van der Waals surface area (Å²) in [6.07, 6.45) is 3.09. The molecular formula is C14H20FNO. The van der Waals surface area contributed by atoms with Crippen molar-refractivity contribution in [2.75, 3.05) is 0 Å². The van der Waals surface area contributed by atoms with E-state index in [1.807, 2.05) is 6.92 Å². The third-order valence-corrected chi connectivity index (χ3v) is 2.80. The second-order valence-electron chi connectivity index (χ2n) is 4.45. The first-order valence-electron chi connectivity index (χ1n) is 6.12. The predicted molar refractivity (Wildman–Crippen MR) is 67.6 cm³/mol. The van der Waals surface area contributed by atoms with Crippen LogP contribution in [0.25, 0.3) is 0 Å². The summed E-state index contributed by atoms with van der Waals surface area (Å²) in [4.78, 5) is 11.8. The van der Waals surface area contributed by atoms with Gasteiger partial charge in [-0.2, -0.15) is 0 Å². The zero-order valence-corrected chi connectivity index (χ0v) is 10.7. The van der Waals surface area contributed by atoms with Crippen LogP contribution < -0.4 is 5.32 Å². The molecule has 94 valence electrons. The van der Waals surface area contributed by atoms with Crippen molar-refractivity contribution in [2.45, 2.75) is 46.1 Å². The summed E-state index contributed by atoms with van der Waals surface area (Å²) in [5, 5.41) is 2.82. The summed E-state index contributed by atoms with van der Waals surface area (Å²) in [5.74, 6) is -0.748. The molecule has 0 aromatic heterocycles. The lowest BCUT2D eigenvalue weighted by atomic mass is 10.1. The number of halogens is 1. The number of rotatable bonds is 5. The lowest BCUT2D eigenvalue weighted by Gasteiger charge is -2.14. The molecule has 17 heavy (non-hydrogen) atoms. The highest BCUT2D eigenvalue weighted by molar-refractivity contribution is 5.94. The fraction of sp³-hybridized carbons (Fsp3) is 0.500. The minimum absolute atomic E-state index is 0.0855. The lowest BCUT2D eigenvalue weighted by molar-refractivity contribution is 0.0933. The van der Waals surface area contributed by atoms with Gasteiger partial charge in [-0.3, -0.25) is 4.79 Å². The van der Waals surface area contributed by atoms with E-state index in [9.17, 15) is 9.18 Å². The summed E-state index contributed by atoms with van der Waals surface area (Å²) in [6.45, 7) is 5.71. The van der Waals surface area contributed by atoms with E-state index in [0.717, 1.165) is 19.3 Å². The number of hydrogen-bond donors (Lipinski definition) is 1. The maximum atomic E-state index is 13.7. The first kappa shape index (κ1) is 13.7. The summed E-state index contributed by atoms with van der Waals surface area (Å²) >= 11 is 0. The highest BCUT2D eigenvalue weighted by atomic mass is 19.1. The molecule has 1 aromatic carbocycles. The molecule has 0 aliphatic heterocycles. The van der Waals surface area contributed by atoms with Crippen LogP contribution in [0.3, 0.4) is 0 Å². The van der Waals surface area contributed by atoms with Crippen molar-refractivity contribution in [3.05, 3.63) is 35.1 Å². The van der Waals surface area contributed by atoms with E-state index >= 15 is 0 Å².